The van der Waals surface area contributed by atoms with Crippen molar-refractivity contribution in [3.05, 3.63) is 59.7 Å². The number of nitrogen functional groups attached to an aromatic ring is 1. The second-order valence-electron chi connectivity index (χ2n) is 4.05. The van der Waals surface area contributed by atoms with Crippen LogP contribution < -0.4 is 5.73 Å². The molecule has 102 valence electrons. The fourth-order valence-corrected chi connectivity index (χ4v) is 2.37. The number of rotatable bonds is 3. The standard InChI is InChI=1S/C14H12F3NS.Na.H/c15-14(16,17)11-3-1-10(2-4-11)9-19-13-7-5-12(18)6-8-13;;/h1-8H,9,18H2;;. The van der Waals surface area contributed by atoms with Crippen LogP contribution in [0.2, 0.25) is 0 Å². The van der Waals surface area contributed by atoms with Gasteiger partial charge in [-0.25, -0.2) is 0 Å². The van der Waals surface area contributed by atoms with Crippen molar-refractivity contribution in [2.75, 3.05) is 5.73 Å². The number of nitrogens with two attached hydrogens (primary N) is 1. The number of hydrogen-bond acceptors (Lipinski definition) is 2. The number of anilines is 1. The summed E-state index contributed by atoms with van der Waals surface area (Å²) in [6.45, 7) is 0. The number of halogens is 3. The minimum atomic E-state index is -4.28. The van der Waals surface area contributed by atoms with E-state index in [1.54, 1.807) is 23.9 Å². The van der Waals surface area contributed by atoms with Gasteiger partial charge in [-0.05, 0) is 42.0 Å². The zero-order chi connectivity index (χ0) is 13.9. The van der Waals surface area contributed by atoms with E-state index in [1.165, 1.54) is 12.1 Å². The summed E-state index contributed by atoms with van der Waals surface area (Å²) >= 11 is 1.56. The Morgan fingerprint density at radius 3 is 1.95 bits per heavy atom. The molecule has 2 rings (SSSR count). The molecule has 0 fully saturated rings. The van der Waals surface area contributed by atoms with E-state index < -0.39 is 11.7 Å². The van der Waals surface area contributed by atoms with Gasteiger partial charge in [-0.1, -0.05) is 12.1 Å². The quantitative estimate of drug-likeness (QED) is 0.528. The van der Waals surface area contributed by atoms with Gasteiger partial charge in [0.15, 0.2) is 0 Å². The van der Waals surface area contributed by atoms with Crippen molar-refractivity contribution in [1.29, 1.82) is 0 Å². The number of benzene rings is 2. The van der Waals surface area contributed by atoms with Crippen molar-refractivity contribution in [3.8, 4) is 0 Å². The Hall–Kier alpha value is -0.620. The molecule has 2 N–H and O–H groups in total. The first-order valence-corrected chi connectivity index (χ1v) is 6.58. The normalized spacial score (nSPS) is 10.9. The zero-order valence-electron chi connectivity index (χ0n) is 9.95. The van der Waals surface area contributed by atoms with E-state index in [0.29, 0.717) is 11.4 Å². The molecule has 0 aromatic heterocycles. The second-order valence-corrected chi connectivity index (χ2v) is 5.10. The van der Waals surface area contributed by atoms with Gasteiger partial charge in [-0.15, -0.1) is 11.8 Å². The van der Waals surface area contributed by atoms with Crippen molar-refractivity contribution in [3.63, 3.8) is 0 Å². The third kappa shape index (κ3) is 5.05. The maximum absolute atomic E-state index is 12.4. The summed E-state index contributed by atoms with van der Waals surface area (Å²) in [4.78, 5) is 1.04. The molecule has 0 aliphatic heterocycles. The Morgan fingerprint density at radius 1 is 0.900 bits per heavy atom. The van der Waals surface area contributed by atoms with Gasteiger partial charge in [0.05, 0.1) is 5.56 Å². The third-order valence-electron chi connectivity index (χ3n) is 2.57. The molecule has 0 aliphatic rings. The van der Waals surface area contributed by atoms with Crippen LogP contribution in [0.25, 0.3) is 0 Å². The Morgan fingerprint density at radius 2 is 1.45 bits per heavy atom. The first-order chi connectivity index (χ1) is 8.95. The van der Waals surface area contributed by atoms with Crippen LogP contribution >= 0.6 is 11.8 Å². The fourth-order valence-electron chi connectivity index (χ4n) is 1.52. The van der Waals surface area contributed by atoms with Crippen LogP contribution in [0.5, 0.6) is 0 Å². The molecule has 0 radical (unpaired) electrons. The van der Waals surface area contributed by atoms with Crippen molar-refractivity contribution in [1.82, 2.24) is 0 Å². The van der Waals surface area contributed by atoms with Gasteiger partial charge in [0, 0.05) is 16.3 Å². The number of thioether (sulfide) groups is 1. The van der Waals surface area contributed by atoms with Gasteiger partial charge in [-0.3, -0.25) is 0 Å². The topological polar surface area (TPSA) is 26.0 Å². The van der Waals surface area contributed by atoms with Crippen molar-refractivity contribution in [2.24, 2.45) is 0 Å². The molecule has 6 heteroatoms. The summed E-state index contributed by atoms with van der Waals surface area (Å²) in [7, 11) is 0. The van der Waals surface area contributed by atoms with E-state index >= 15 is 0 Å². The van der Waals surface area contributed by atoms with Gasteiger partial charge in [0.2, 0.25) is 0 Å². The van der Waals surface area contributed by atoms with E-state index in [1.807, 2.05) is 12.1 Å². The van der Waals surface area contributed by atoms with E-state index in [0.717, 1.165) is 22.6 Å². The SMILES string of the molecule is Nc1ccc(SCc2ccc(C(F)(F)F)cc2)cc1.[NaH]. The predicted octanol–water partition coefficient (Wildman–Crippen LogP) is 3.93. The molecule has 2 aromatic rings. The Kier molecular flexibility index (Phi) is 6.45. The second kappa shape index (κ2) is 7.41. The molecule has 0 heterocycles. The summed E-state index contributed by atoms with van der Waals surface area (Å²) in [5, 5.41) is 0. The van der Waals surface area contributed by atoms with Crippen LogP contribution in [-0.2, 0) is 11.9 Å². The van der Waals surface area contributed by atoms with Gasteiger partial charge in [-0.2, -0.15) is 13.2 Å². The van der Waals surface area contributed by atoms with Gasteiger partial charge >= 0.3 is 35.7 Å². The molecule has 20 heavy (non-hydrogen) atoms. The molecule has 0 unspecified atom stereocenters. The van der Waals surface area contributed by atoms with Crippen LogP contribution in [0.15, 0.2) is 53.4 Å². The molecule has 0 atom stereocenters. The van der Waals surface area contributed by atoms with Crippen molar-refractivity contribution < 1.29 is 13.2 Å². The van der Waals surface area contributed by atoms with Crippen molar-refractivity contribution in [2.45, 2.75) is 16.8 Å². The van der Waals surface area contributed by atoms with Gasteiger partial charge in [0.25, 0.3) is 0 Å². The molecule has 0 bridgehead atoms. The molecular formula is C14H13F3NNaS. The molecule has 0 aliphatic carbocycles. The van der Waals surface area contributed by atoms with Crippen LogP contribution in [0, 0.1) is 0 Å². The predicted molar refractivity (Wildman–Crippen MR) is 79.0 cm³/mol. The van der Waals surface area contributed by atoms with Gasteiger partial charge in [0.1, 0.15) is 0 Å². The fraction of sp³-hybridized carbons (Fsp3) is 0.143. The summed E-state index contributed by atoms with van der Waals surface area (Å²) < 4.78 is 37.2. The Labute approximate surface area is 142 Å². The maximum atomic E-state index is 12.4. The molecule has 0 saturated carbocycles. The molecule has 0 saturated heterocycles. The monoisotopic (exact) mass is 307 g/mol. The average molecular weight is 307 g/mol. The van der Waals surface area contributed by atoms with E-state index in [4.69, 9.17) is 5.73 Å². The zero-order valence-corrected chi connectivity index (χ0v) is 10.8. The first-order valence-electron chi connectivity index (χ1n) is 5.59. The summed E-state index contributed by atoms with van der Waals surface area (Å²) in [5.41, 5.74) is 6.51. The van der Waals surface area contributed by atoms with Crippen molar-refractivity contribution >= 4 is 47.0 Å². The number of alkyl halides is 3. The molecule has 0 spiro atoms. The Bertz CT molecular complexity index is 538. The van der Waals surface area contributed by atoms with Crippen LogP contribution in [0.3, 0.4) is 0 Å². The molecular weight excluding hydrogens is 294 g/mol. The molecule has 1 nitrogen and oxygen atoms in total. The summed E-state index contributed by atoms with van der Waals surface area (Å²) in [6, 6.07) is 12.6. The third-order valence-corrected chi connectivity index (χ3v) is 3.65. The van der Waals surface area contributed by atoms with E-state index in [9.17, 15) is 13.2 Å². The number of hydrogen-bond donors (Lipinski definition) is 1. The van der Waals surface area contributed by atoms with Crippen LogP contribution in [-0.4, -0.2) is 29.6 Å². The summed E-state index contributed by atoms with van der Waals surface area (Å²) in [5.74, 6) is 0.627. The first kappa shape index (κ1) is 17.4. The Balaban J connectivity index is 0.00000200. The molecule has 2 aromatic carbocycles. The molecule has 0 amide bonds. The van der Waals surface area contributed by atoms with E-state index in [2.05, 4.69) is 0 Å². The van der Waals surface area contributed by atoms with Crippen LogP contribution in [0.4, 0.5) is 18.9 Å². The summed E-state index contributed by atoms with van der Waals surface area (Å²) in [6.07, 6.45) is -4.28. The average Bonchev–Trinajstić information content (AvgIpc) is 2.37. The van der Waals surface area contributed by atoms with Gasteiger partial charge < -0.3 is 5.73 Å². The minimum absolute atomic E-state index is 0. The van der Waals surface area contributed by atoms with Crippen LogP contribution in [0.1, 0.15) is 11.1 Å². The van der Waals surface area contributed by atoms with E-state index in [-0.39, 0.29) is 29.6 Å².